The molecule has 1 amide bonds. The fourth-order valence-electron chi connectivity index (χ4n) is 3.80. The average molecular weight is 404 g/mol. The number of rotatable bonds is 8. The van der Waals surface area contributed by atoms with Crippen LogP contribution in [0.1, 0.15) is 18.9 Å². The van der Waals surface area contributed by atoms with Crippen LogP contribution >= 0.6 is 0 Å². The molecule has 0 saturated carbocycles. The van der Waals surface area contributed by atoms with Crippen molar-refractivity contribution in [3.8, 4) is 11.5 Å². The number of nitrogens with zero attached hydrogens (tertiary/aromatic N) is 3. The molecule has 1 atom stereocenters. The lowest BCUT2D eigenvalue weighted by atomic mass is 10.1. The van der Waals surface area contributed by atoms with Gasteiger partial charge < -0.3 is 19.5 Å². The summed E-state index contributed by atoms with van der Waals surface area (Å²) in [6.07, 6.45) is 4.94. The summed E-state index contributed by atoms with van der Waals surface area (Å²) in [5, 5.41) is 10.4. The summed E-state index contributed by atoms with van der Waals surface area (Å²) in [5.41, 5.74) is 1.19. The third kappa shape index (κ3) is 6.45. The Bertz CT molecular complexity index is 701. The highest BCUT2D eigenvalue weighted by Gasteiger charge is 2.21. The van der Waals surface area contributed by atoms with Crippen LogP contribution in [0, 0.1) is 0 Å². The van der Waals surface area contributed by atoms with Crippen molar-refractivity contribution in [2.75, 3.05) is 59.5 Å². The Morgan fingerprint density at radius 3 is 2.55 bits per heavy atom. The SMILES string of the molecule is COc1cc(CN2CC=CCC2)ccc1OCC(O)CN1CCN(C(C)=O)CC1. The van der Waals surface area contributed by atoms with Gasteiger partial charge in [0, 0.05) is 59.3 Å². The van der Waals surface area contributed by atoms with E-state index in [1.807, 2.05) is 17.0 Å². The Kier molecular flexibility index (Phi) is 7.91. The predicted octanol–water partition coefficient (Wildman–Crippen LogP) is 1.36. The number of benzene rings is 1. The van der Waals surface area contributed by atoms with Gasteiger partial charge in [0.15, 0.2) is 11.5 Å². The smallest absolute Gasteiger partial charge is 0.219 e. The Labute approximate surface area is 173 Å². The zero-order valence-electron chi connectivity index (χ0n) is 17.5. The summed E-state index contributed by atoms with van der Waals surface area (Å²) >= 11 is 0. The summed E-state index contributed by atoms with van der Waals surface area (Å²) in [6.45, 7) is 8.26. The van der Waals surface area contributed by atoms with Gasteiger partial charge in [-0.15, -0.1) is 0 Å². The maximum Gasteiger partial charge on any atom is 0.219 e. The topological polar surface area (TPSA) is 65.5 Å². The van der Waals surface area contributed by atoms with Crippen molar-refractivity contribution < 1.29 is 19.4 Å². The lowest BCUT2D eigenvalue weighted by molar-refractivity contribution is -0.130. The first-order valence-corrected chi connectivity index (χ1v) is 10.4. The summed E-state index contributed by atoms with van der Waals surface area (Å²) in [4.78, 5) is 17.8. The second-order valence-corrected chi connectivity index (χ2v) is 7.75. The number of aliphatic hydroxyl groups is 1. The normalized spacial score (nSPS) is 19.2. The molecule has 1 aromatic carbocycles. The number of aliphatic hydroxyl groups excluding tert-OH is 1. The van der Waals surface area contributed by atoms with E-state index in [4.69, 9.17) is 9.47 Å². The molecule has 0 bridgehead atoms. The number of carbonyl (C=O) groups excluding carboxylic acids is 1. The molecule has 0 radical (unpaired) electrons. The first-order chi connectivity index (χ1) is 14.0. The van der Waals surface area contributed by atoms with E-state index in [9.17, 15) is 9.90 Å². The molecule has 29 heavy (non-hydrogen) atoms. The summed E-state index contributed by atoms with van der Waals surface area (Å²) in [5.74, 6) is 1.45. The molecule has 1 fully saturated rings. The minimum Gasteiger partial charge on any atom is -0.493 e. The van der Waals surface area contributed by atoms with E-state index >= 15 is 0 Å². The van der Waals surface area contributed by atoms with Crippen molar-refractivity contribution >= 4 is 5.91 Å². The van der Waals surface area contributed by atoms with E-state index in [0.29, 0.717) is 31.1 Å². The maximum absolute atomic E-state index is 11.4. The van der Waals surface area contributed by atoms with Crippen molar-refractivity contribution in [2.45, 2.75) is 26.0 Å². The maximum atomic E-state index is 11.4. The van der Waals surface area contributed by atoms with Crippen LogP contribution < -0.4 is 9.47 Å². The number of β-amino-alcohol motifs (C(OH)–C–C–N with tert-alkyl or cyclic N) is 1. The Balaban J connectivity index is 1.46. The van der Waals surface area contributed by atoms with Crippen LogP contribution in [0.25, 0.3) is 0 Å². The fourth-order valence-corrected chi connectivity index (χ4v) is 3.80. The molecule has 0 aliphatic carbocycles. The minimum atomic E-state index is -0.594. The molecule has 7 nitrogen and oxygen atoms in total. The summed E-state index contributed by atoms with van der Waals surface area (Å²) < 4.78 is 11.3. The number of piperazine rings is 1. The van der Waals surface area contributed by atoms with Crippen LogP contribution in [0.4, 0.5) is 0 Å². The molecule has 1 unspecified atom stereocenters. The Hall–Kier alpha value is -2.09. The van der Waals surface area contributed by atoms with Crippen molar-refractivity contribution in [1.29, 1.82) is 0 Å². The van der Waals surface area contributed by atoms with Gasteiger partial charge in [-0.05, 0) is 24.1 Å². The molecule has 160 valence electrons. The third-order valence-corrected chi connectivity index (χ3v) is 5.49. The molecule has 2 aliphatic heterocycles. The first-order valence-electron chi connectivity index (χ1n) is 10.4. The standard InChI is InChI=1S/C22H33N3O4/c1-18(26)25-12-10-24(11-13-25)16-20(27)17-29-21-7-6-19(14-22(21)28-2)15-23-8-4-3-5-9-23/h3-4,6-7,14,20,27H,5,8-13,15-17H2,1-2H3. The van der Waals surface area contributed by atoms with Gasteiger partial charge in [0.25, 0.3) is 0 Å². The molecular weight excluding hydrogens is 370 g/mol. The summed E-state index contributed by atoms with van der Waals surface area (Å²) in [6, 6.07) is 6.00. The molecule has 0 spiro atoms. The molecule has 7 heteroatoms. The van der Waals surface area contributed by atoms with Crippen LogP contribution in [0.15, 0.2) is 30.4 Å². The first kappa shape index (κ1) is 21.6. The van der Waals surface area contributed by atoms with E-state index in [2.05, 4.69) is 28.0 Å². The van der Waals surface area contributed by atoms with Gasteiger partial charge in [0.2, 0.25) is 5.91 Å². The number of amides is 1. The molecule has 3 rings (SSSR count). The van der Waals surface area contributed by atoms with E-state index in [1.54, 1.807) is 14.0 Å². The number of ether oxygens (including phenoxy) is 2. The lowest BCUT2D eigenvalue weighted by Crippen LogP contribution is -2.50. The van der Waals surface area contributed by atoms with Crippen LogP contribution in [-0.4, -0.2) is 91.3 Å². The zero-order valence-corrected chi connectivity index (χ0v) is 17.5. The Morgan fingerprint density at radius 1 is 1.10 bits per heavy atom. The monoisotopic (exact) mass is 403 g/mol. The van der Waals surface area contributed by atoms with Gasteiger partial charge >= 0.3 is 0 Å². The van der Waals surface area contributed by atoms with Crippen molar-refractivity contribution in [2.24, 2.45) is 0 Å². The van der Waals surface area contributed by atoms with Crippen LogP contribution in [0.3, 0.4) is 0 Å². The van der Waals surface area contributed by atoms with Gasteiger partial charge in [-0.1, -0.05) is 18.2 Å². The van der Waals surface area contributed by atoms with Gasteiger partial charge in [-0.2, -0.15) is 0 Å². The van der Waals surface area contributed by atoms with E-state index in [-0.39, 0.29) is 12.5 Å². The highest BCUT2D eigenvalue weighted by Crippen LogP contribution is 2.29. The predicted molar refractivity (Wildman–Crippen MR) is 112 cm³/mol. The van der Waals surface area contributed by atoms with E-state index < -0.39 is 6.10 Å². The molecule has 0 aromatic heterocycles. The number of methoxy groups -OCH3 is 1. The van der Waals surface area contributed by atoms with Crippen molar-refractivity contribution in [3.63, 3.8) is 0 Å². The van der Waals surface area contributed by atoms with Gasteiger partial charge in [0.05, 0.1) is 7.11 Å². The van der Waals surface area contributed by atoms with Crippen molar-refractivity contribution in [3.05, 3.63) is 35.9 Å². The largest absolute Gasteiger partial charge is 0.493 e. The van der Waals surface area contributed by atoms with E-state index in [0.717, 1.165) is 39.1 Å². The van der Waals surface area contributed by atoms with Crippen LogP contribution in [-0.2, 0) is 11.3 Å². The van der Waals surface area contributed by atoms with Gasteiger partial charge in [-0.25, -0.2) is 0 Å². The summed E-state index contributed by atoms with van der Waals surface area (Å²) in [7, 11) is 1.64. The second-order valence-electron chi connectivity index (χ2n) is 7.75. The molecule has 2 heterocycles. The Morgan fingerprint density at radius 2 is 1.90 bits per heavy atom. The second kappa shape index (κ2) is 10.6. The van der Waals surface area contributed by atoms with Gasteiger partial charge in [0.1, 0.15) is 12.7 Å². The molecule has 1 N–H and O–H groups in total. The minimum absolute atomic E-state index is 0.112. The fraction of sp³-hybridized carbons (Fsp3) is 0.591. The molecule has 2 aliphatic rings. The quantitative estimate of drug-likeness (QED) is 0.662. The molecule has 1 saturated heterocycles. The van der Waals surface area contributed by atoms with E-state index in [1.165, 1.54) is 5.56 Å². The zero-order chi connectivity index (χ0) is 20.6. The van der Waals surface area contributed by atoms with Gasteiger partial charge in [-0.3, -0.25) is 14.6 Å². The highest BCUT2D eigenvalue weighted by atomic mass is 16.5. The highest BCUT2D eigenvalue weighted by molar-refractivity contribution is 5.73. The molecular formula is C22H33N3O4. The van der Waals surface area contributed by atoms with Crippen molar-refractivity contribution in [1.82, 2.24) is 14.7 Å². The third-order valence-electron chi connectivity index (χ3n) is 5.49. The van der Waals surface area contributed by atoms with Crippen LogP contribution in [0.2, 0.25) is 0 Å². The van der Waals surface area contributed by atoms with Crippen LogP contribution in [0.5, 0.6) is 11.5 Å². The number of hydrogen-bond acceptors (Lipinski definition) is 6. The number of carbonyl (C=O) groups is 1. The molecule has 1 aromatic rings. The average Bonchev–Trinajstić information content (AvgIpc) is 2.74. The number of hydrogen-bond donors (Lipinski definition) is 1. The lowest BCUT2D eigenvalue weighted by Gasteiger charge is -2.35.